The van der Waals surface area contributed by atoms with E-state index >= 15 is 0 Å². The molecule has 0 unspecified atom stereocenters. The van der Waals surface area contributed by atoms with Crippen molar-refractivity contribution in [2.24, 2.45) is 0 Å². The summed E-state index contributed by atoms with van der Waals surface area (Å²) in [6, 6.07) is 0. The van der Waals surface area contributed by atoms with Crippen LogP contribution in [0.2, 0.25) is 0 Å². The van der Waals surface area contributed by atoms with Gasteiger partial charge in [0.2, 0.25) is 0 Å². The Morgan fingerprint density at radius 2 is 0.325 bits per heavy atom. The predicted molar refractivity (Wildman–Crippen MR) is 335 cm³/mol. The van der Waals surface area contributed by atoms with Gasteiger partial charge in [-0.25, -0.2) is 0 Å². The van der Waals surface area contributed by atoms with Gasteiger partial charge in [-0.2, -0.15) is 0 Å². The second-order valence-electron chi connectivity index (χ2n) is 24.0. The molecule has 77 heavy (non-hydrogen) atoms. The van der Waals surface area contributed by atoms with E-state index in [-0.39, 0.29) is 13.6 Å². The van der Waals surface area contributed by atoms with Crippen LogP contribution in [0.4, 0.5) is 0 Å². The smallest absolute Gasteiger partial charge is 0.284 e. The summed E-state index contributed by atoms with van der Waals surface area (Å²) in [4.78, 5) is 0. The fourth-order valence-electron chi connectivity index (χ4n) is 10.8. The molecule has 7 nitrogen and oxygen atoms in total. The van der Waals surface area contributed by atoms with Gasteiger partial charge in [-0.1, -0.05) is 350 Å². The molecule has 0 fully saturated rings. The zero-order valence-corrected chi connectivity index (χ0v) is 53.7. The Morgan fingerprint density at radius 3 is 0.506 bits per heavy atom. The zero-order valence-electron chi connectivity index (χ0n) is 53.7. The van der Waals surface area contributed by atoms with E-state index in [1.165, 1.54) is 308 Å². The van der Waals surface area contributed by atoms with Crippen LogP contribution in [0.1, 0.15) is 401 Å². The van der Waals surface area contributed by atoms with Crippen molar-refractivity contribution in [3.05, 3.63) is 0 Å². The maximum absolute atomic E-state index is 6.82. The Labute approximate surface area is 484 Å². The van der Waals surface area contributed by atoms with Crippen molar-refractivity contribution in [2.45, 2.75) is 413 Å². The molecule has 0 aliphatic heterocycles. The van der Waals surface area contributed by atoms with Crippen LogP contribution in [0.15, 0.2) is 0 Å². The first kappa shape index (κ1) is 76.7. The van der Waals surface area contributed by atoms with Crippen molar-refractivity contribution in [3.8, 4) is 0 Å². The lowest BCUT2D eigenvalue weighted by molar-refractivity contribution is -0.425. The third-order valence-corrected chi connectivity index (χ3v) is 16.2. The van der Waals surface area contributed by atoms with Crippen molar-refractivity contribution in [3.63, 3.8) is 0 Å². The van der Waals surface area contributed by atoms with Crippen LogP contribution < -0.4 is 0 Å². The molecule has 0 aliphatic rings. The summed E-state index contributed by atoms with van der Waals surface area (Å²) in [6.07, 6.45) is 70.7. The molecule has 0 aromatic carbocycles. The number of hydrogen-bond acceptors (Lipinski definition) is 7. The van der Waals surface area contributed by atoms with Gasteiger partial charge in [-0.15, -0.1) is 0 Å². The Kier molecular flexibility index (Phi) is 64.6. The fourth-order valence-corrected chi connectivity index (χ4v) is 10.8. The average Bonchev–Trinajstić information content (AvgIpc) is 3.44. The van der Waals surface area contributed by atoms with E-state index < -0.39 is 11.9 Å². The van der Waals surface area contributed by atoms with Gasteiger partial charge in [0, 0.05) is 12.8 Å². The summed E-state index contributed by atoms with van der Waals surface area (Å²) in [7, 11) is 0. The normalized spacial score (nSPS) is 12.2. The lowest BCUT2D eigenvalue weighted by atomic mass is 10.0. The van der Waals surface area contributed by atoms with E-state index in [9.17, 15) is 0 Å². The van der Waals surface area contributed by atoms with Crippen LogP contribution >= 0.6 is 0 Å². The molecule has 464 valence electrons. The van der Waals surface area contributed by atoms with E-state index in [4.69, 9.17) is 33.2 Å². The second-order valence-corrected chi connectivity index (χ2v) is 24.0. The maximum Gasteiger partial charge on any atom is 0.284 e. The van der Waals surface area contributed by atoms with Gasteiger partial charge in [0.15, 0.2) is 13.6 Å². The molecule has 0 atom stereocenters. The highest BCUT2D eigenvalue weighted by Crippen LogP contribution is 2.29. The highest BCUT2D eigenvalue weighted by molar-refractivity contribution is 4.64. The van der Waals surface area contributed by atoms with Gasteiger partial charge in [0.05, 0.1) is 26.4 Å². The Morgan fingerprint density at radius 1 is 0.169 bits per heavy atom. The molecule has 0 amide bonds. The van der Waals surface area contributed by atoms with E-state index in [1.807, 2.05) is 0 Å². The molecule has 0 aliphatic carbocycles. The van der Waals surface area contributed by atoms with Gasteiger partial charge in [0.1, 0.15) is 0 Å². The predicted octanol–water partition coefficient (Wildman–Crippen LogP) is 24.3. The van der Waals surface area contributed by atoms with E-state index in [1.54, 1.807) is 0 Å². The molecule has 0 saturated heterocycles. The van der Waals surface area contributed by atoms with Crippen molar-refractivity contribution in [1.29, 1.82) is 0 Å². The van der Waals surface area contributed by atoms with E-state index in [0.29, 0.717) is 39.3 Å². The lowest BCUT2D eigenvalue weighted by Crippen LogP contribution is -2.42. The van der Waals surface area contributed by atoms with Crippen molar-refractivity contribution < 1.29 is 33.2 Å². The standard InChI is InChI=1S/C70H142O7/c1-7-13-19-25-31-37-39-41-43-49-55-61-69(72-63-57-51-45-33-27-21-15-9-3,73-64-58-52-46-34-28-22-16-10-4)76-67-71-68-77-70(74-65-59-53-47-35-29-23-17-11-5,75-66-60-54-48-36-30-24-18-12-6)62-56-50-44-42-40-38-32-26-20-14-8-2/h7-68H2,1-6H3. The number of ether oxygens (including phenoxy) is 7. The van der Waals surface area contributed by atoms with Crippen LogP contribution in [-0.4, -0.2) is 52.0 Å². The van der Waals surface area contributed by atoms with E-state index in [0.717, 1.165) is 38.5 Å². The van der Waals surface area contributed by atoms with Crippen molar-refractivity contribution >= 4 is 0 Å². The Hall–Kier alpha value is -0.280. The van der Waals surface area contributed by atoms with Gasteiger partial charge >= 0.3 is 0 Å². The number of rotatable bonds is 70. The van der Waals surface area contributed by atoms with Crippen LogP contribution in [0.3, 0.4) is 0 Å². The third kappa shape index (κ3) is 56.0. The van der Waals surface area contributed by atoms with Crippen molar-refractivity contribution in [2.75, 3.05) is 40.0 Å². The Bertz CT molecular complexity index is 933. The summed E-state index contributed by atoms with van der Waals surface area (Å²) in [5.74, 6) is -2.23. The first-order chi connectivity index (χ1) is 38.1. The van der Waals surface area contributed by atoms with Crippen LogP contribution in [0.25, 0.3) is 0 Å². The van der Waals surface area contributed by atoms with Crippen LogP contribution in [0, 0.1) is 0 Å². The molecule has 0 heterocycles. The number of unbranched alkanes of at least 4 members (excludes halogenated alkanes) is 48. The molecule has 0 spiro atoms. The summed E-state index contributed by atoms with van der Waals surface area (Å²) in [6.45, 7) is 16.4. The minimum Gasteiger partial charge on any atom is -0.329 e. The third-order valence-electron chi connectivity index (χ3n) is 16.2. The monoisotopic (exact) mass is 1100 g/mol. The molecule has 0 bridgehead atoms. The molecule has 7 heteroatoms. The molecule has 0 saturated carbocycles. The molecule has 0 rings (SSSR count). The lowest BCUT2D eigenvalue weighted by Gasteiger charge is -2.35. The largest absolute Gasteiger partial charge is 0.329 e. The van der Waals surface area contributed by atoms with E-state index in [2.05, 4.69) is 41.5 Å². The zero-order chi connectivity index (χ0) is 55.8. The molecular weight excluding hydrogens is 953 g/mol. The summed E-state index contributed by atoms with van der Waals surface area (Å²) in [5.41, 5.74) is 0. The summed E-state index contributed by atoms with van der Waals surface area (Å²) < 4.78 is 47.1. The SMILES string of the molecule is CCCCCCCCCCCCCC(OCCCCCCCCCC)(OCCCCCCCCCC)OCOCOC(CCCCCCCCCCCCC)(OCCCCCCCCCC)OCCCCCCCCCC. The second kappa shape index (κ2) is 64.9. The van der Waals surface area contributed by atoms with Gasteiger partial charge in [0.25, 0.3) is 11.9 Å². The molecular formula is C70H142O7. The first-order valence-electron chi connectivity index (χ1n) is 35.5. The molecule has 0 N–H and O–H groups in total. The minimum absolute atomic E-state index is 0.0392. The first-order valence-corrected chi connectivity index (χ1v) is 35.5. The van der Waals surface area contributed by atoms with Crippen molar-refractivity contribution in [1.82, 2.24) is 0 Å². The van der Waals surface area contributed by atoms with Crippen LogP contribution in [0.5, 0.6) is 0 Å². The minimum atomic E-state index is -1.12. The summed E-state index contributed by atoms with van der Waals surface area (Å²) >= 11 is 0. The Balaban J connectivity index is 6.09. The maximum atomic E-state index is 6.82. The average molecular weight is 1100 g/mol. The van der Waals surface area contributed by atoms with Gasteiger partial charge < -0.3 is 33.2 Å². The fraction of sp³-hybridized carbons (Fsp3) is 1.00. The molecule has 0 radical (unpaired) electrons. The summed E-state index contributed by atoms with van der Waals surface area (Å²) in [5, 5.41) is 0. The topological polar surface area (TPSA) is 64.6 Å². The van der Waals surface area contributed by atoms with Crippen LogP contribution in [-0.2, 0) is 33.2 Å². The quantitative estimate of drug-likeness (QED) is 0.0444. The molecule has 0 aromatic rings. The number of hydrogen-bond donors (Lipinski definition) is 0. The molecule has 0 aromatic heterocycles. The highest BCUT2D eigenvalue weighted by atomic mass is 16.9. The highest BCUT2D eigenvalue weighted by Gasteiger charge is 2.35. The van der Waals surface area contributed by atoms with Gasteiger partial charge in [-0.05, 0) is 38.5 Å². The van der Waals surface area contributed by atoms with Gasteiger partial charge in [-0.3, -0.25) is 0 Å².